The summed E-state index contributed by atoms with van der Waals surface area (Å²) >= 11 is 3.01. The van der Waals surface area contributed by atoms with Crippen LogP contribution >= 0.6 is 15.9 Å². The minimum absolute atomic E-state index is 0.0165. The van der Waals surface area contributed by atoms with Gasteiger partial charge >= 0.3 is 0 Å². The average Bonchev–Trinajstić information content (AvgIpc) is 2.23. The molecule has 1 aromatic carbocycles. The lowest BCUT2D eigenvalue weighted by molar-refractivity contribution is 0.523. The first-order valence-corrected chi connectivity index (χ1v) is 5.34. The standard InChI is InChI=1S/C11H12BrF2N/c1-3-7(2)15-6-8-10(13)5-4-9(12)11(8)14/h3-5,7,15H,1,6H2,2H3. The van der Waals surface area contributed by atoms with E-state index in [4.69, 9.17) is 0 Å². The molecule has 0 fully saturated rings. The van der Waals surface area contributed by atoms with E-state index in [9.17, 15) is 8.78 Å². The number of nitrogens with one attached hydrogen (secondary N) is 1. The lowest BCUT2D eigenvalue weighted by Gasteiger charge is -2.11. The summed E-state index contributed by atoms with van der Waals surface area (Å²) in [6, 6.07) is 2.61. The Morgan fingerprint density at radius 3 is 2.80 bits per heavy atom. The number of hydrogen-bond donors (Lipinski definition) is 1. The highest BCUT2D eigenvalue weighted by Gasteiger charge is 2.12. The van der Waals surface area contributed by atoms with Crippen molar-refractivity contribution in [2.75, 3.05) is 0 Å². The Kier molecular flexibility index (Phi) is 4.42. The van der Waals surface area contributed by atoms with Gasteiger partial charge in [0.25, 0.3) is 0 Å². The molecule has 1 N–H and O–H groups in total. The molecule has 1 nitrogen and oxygen atoms in total. The molecule has 82 valence electrons. The zero-order chi connectivity index (χ0) is 11.4. The van der Waals surface area contributed by atoms with Gasteiger partial charge in [-0.25, -0.2) is 8.78 Å². The van der Waals surface area contributed by atoms with Gasteiger partial charge in [0.2, 0.25) is 0 Å². The van der Waals surface area contributed by atoms with Crippen LogP contribution in [0.3, 0.4) is 0 Å². The molecule has 4 heteroatoms. The number of hydrogen-bond acceptors (Lipinski definition) is 1. The largest absolute Gasteiger partial charge is 0.307 e. The maximum Gasteiger partial charge on any atom is 0.144 e. The third-order valence-electron chi connectivity index (χ3n) is 2.09. The van der Waals surface area contributed by atoms with Gasteiger partial charge in [0.1, 0.15) is 11.6 Å². The molecule has 0 aromatic heterocycles. The summed E-state index contributed by atoms with van der Waals surface area (Å²) in [7, 11) is 0. The van der Waals surface area contributed by atoms with Crippen molar-refractivity contribution in [2.45, 2.75) is 19.5 Å². The van der Waals surface area contributed by atoms with Crippen LogP contribution in [-0.4, -0.2) is 6.04 Å². The van der Waals surface area contributed by atoms with E-state index in [0.29, 0.717) is 0 Å². The summed E-state index contributed by atoms with van der Waals surface area (Å²) in [4.78, 5) is 0. The SMILES string of the molecule is C=CC(C)NCc1c(F)ccc(Br)c1F. The van der Waals surface area contributed by atoms with Gasteiger partial charge in [-0.15, -0.1) is 6.58 Å². The van der Waals surface area contributed by atoms with Crippen molar-refractivity contribution in [2.24, 2.45) is 0 Å². The van der Waals surface area contributed by atoms with Crippen LogP contribution in [0.2, 0.25) is 0 Å². The average molecular weight is 276 g/mol. The van der Waals surface area contributed by atoms with Gasteiger partial charge in [-0.1, -0.05) is 6.08 Å². The number of rotatable bonds is 4. The van der Waals surface area contributed by atoms with Crippen LogP contribution in [0.1, 0.15) is 12.5 Å². The second kappa shape index (κ2) is 5.37. The molecule has 0 saturated carbocycles. The molecule has 0 aliphatic heterocycles. The van der Waals surface area contributed by atoms with Crippen molar-refractivity contribution >= 4 is 15.9 Å². The topological polar surface area (TPSA) is 12.0 Å². The molecule has 1 unspecified atom stereocenters. The highest BCUT2D eigenvalue weighted by molar-refractivity contribution is 9.10. The zero-order valence-corrected chi connectivity index (χ0v) is 9.94. The van der Waals surface area contributed by atoms with Crippen LogP contribution in [0.15, 0.2) is 29.3 Å². The Morgan fingerprint density at radius 1 is 1.53 bits per heavy atom. The fourth-order valence-corrected chi connectivity index (χ4v) is 1.45. The Hall–Kier alpha value is -0.740. The van der Waals surface area contributed by atoms with Crippen molar-refractivity contribution in [1.82, 2.24) is 5.32 Å². The van der Waals surface area contributed by atoms with Crippen LogP contribution in [0.4, 0.5) is 8.78 Å². The molecule has 1 atom stereocenters. The maximum atomic E-state index is 13.5. The first-order valence-electron chi connectivity index (χ1n) is 4.54. The maximum absolute atomic E-state index is 13.5. The van der Waals surface area contributed by atoms with Crippen molar-refractivity contribution in [1.29, 1.82) is 0 Å². The quantitative estimate of drug-likeness (QED) is 0.656. The van der Waals surface area contributed by atoms with Crippen molar-refractivity contribution in [3.05, 3.63) is 46.5 Å². The third kappa shape index (κ3) is 3.11. The van der Waals surface area contributed by atoms with Crippen LogP contribution in [0.25, 0.3) is 0 Å². The predicted octanol–water partition coefficient (Wildman–Crippen LogP) is 3.39. The summed E-state index contributed by atoms with van der Waals surface area (Å²) < 4.78 is 27.0. The van der Waals surface area contributed by atoms with Gasteiger partial charge in [-0.05, 0) is 35.0 Å². The van der Waals surface area contributed by atoms with E-state index in [1.165, 1.54) is 12.1 Å². The summed E-state index contributed by atoms with van der Waals surface area (Å²) in [6.45, 7) is 5.58. The van der Waals surface area contributed by atoms with Gasteiger partial charge in [-0.2, -0.15) is 0 Å². The molecule has 0 saturated heterocycles. The number of halogens is 3. The molecule has 0 spiro atoms. The summed E-state index contributed by atoms with van der Waals surface area (Å²) in [6.07, 6.45) is 1.67. The molecular weight excluding hydrogens is 264 g/mol. The molecule has 1 rings (SSSR count). The van der Waals surface area contributed by atoms with Crippen molar-refractivity contribution < 1.29 is 8.78 Å². The molecule has 0 bridgehead atoms. The van der Waals surface area contributed by atoms with Crippen molar-refractivity contribution in [3.8, 4) is 0 Å². The molecule has 0 heterocycles. The Morgan fingerprint density at radius 2 is 2.20 bits per heavy atom. The Bertz CT molecular complexity index is 366. The van der Waals surface area contributed by atoms with E-state index in [2.05, 4.69) is 27.8 Å². The molecule has 15 heavy (non-hydrogen) atoms. The second-order valence-electron chi connectivity index (χ2n) is 3.23. The van der Waals surface area contributed by atoms with Crippen LogP contribution in [-0.2, 0) is 6.54 Å². The van der Waals surface area contributed by atoms with Gasteiger partial charge in [0.15, 0.2) is 0 Å². The highest BCUT2D eigenvalue weighted by Crippen LogP contribution is 2.21. The van der Waals surface area contributed by atoms with Gasteiger partial charge < -0.3 is 5.32 Å². The molecule has 0 amide bonds. The van der Waals surface area contributed by atoms with Crippen LogP contribution < -0.4 is 5.32 Å². The summed E-state index contributed by atoms with van der Waals surface area (Å²) in [5.74, 6) is -1.10. The third-order valence-corrected chi connectivity index (χ3v) is 2.71. The molecular formula is C11H12BrF2N. The lowest BCUT2D eigenvalue weighted by Crippen LogP contribution is -2.24. The first kappa shape index (κ1) is 12.3. The van der Waals surface area contributed by atoms with Crippen LogP contribution in [0, 0.1) is 11.6 Å². The molecule has 0 radical (unpaired) electrons. The van der Waals surface area contributed by atoms with Crippen LogP contribution in [0.5, 0.6) is 0 Å². The highest BCUT2D eigenvalue weighted by atomic mass is 79.9. The minimum Gasteiger partial charge on any atom is -0.307 e. The number of benzene rings is 1. The summed E-state index contributed by atoms with van der Waals surface area (Å²) in [5.41, 5.74) is 0.0399. The van der Waals surface area contributed by atoms with E-state index < -0.39 is 11.6 Å². The van der Waals surface area contributed by atoms with Gasteiger partial charge in [0, 0.05) is 18.2 Å². The molecule has 1 aromatic rings. The normalized spacial score (nSPS) is 12.5. The zero-order valence-electron chi connectivity index (χ0n) is 8.36. The molecule has 0 aliphatic carbocycles. The summed E-state index contributed by atoms with van der Waals surface area (Å²) in [5, 5.41) is 2.94. The second-order valence-corrected chi connectivity index (χ2v) is 4.08. The van der Waals surface area contributed by atoms with E-state index in [0.717, 1.165) is 0 Å². The van der Waals surface area contributed by atoms with E-state index in [1.807, 2.05) is 6.92 Å². The van der Waals surface area contributed by atoms with Crippen molar-refractivity contribution in [3.63, 3.8) is 0 Å². The van der Waals surface area contributed by atoms with Gasteiger partial charge in [0.05, 0.1) is 4.47 Å². The first-order chi connectivity index (χ1) is 7.06. The van der Waals surface area contributed by atoms with E-state index in [1.54, 1.807) is 6.08 Å². The van der Waals surface area contributed by atoms with E-state index in [-0.39, 0.29) is 22.6 Å². The molecule has 0 aliphatic rings. The Labute approximate surface area is 96.3 Å². The smallest absolute Gasteiger partial charge is 0.144 e. The van der Waals surface area contributed by atoms with E-state index >= 15 is 0 Å². The fourth-order valence-electron chi connectivity index (χ4n) is 1.08. The monoisotopic (exact) mass is 275 g/mol. The predicted molar refractivity (Wildman–Crippen MR) is 60.6 cm³/mol. The fraction of sp³-hybridized carbons (Fsp3) is 0.273. The Balaban J connectivity index is 2.84. The lowest BCUT2D eigenvalue weighted by atomic mass is 10.2. The van der Waals surface area contributed by atoms with Gasteiger partial charge in [-0.3, -0.25) is 0 Å². The minimum atomic E-state index is -0.557.